The minimum absolute atomic E-state index is 0.159. The summed E-state index contributed by atoms with van der Waals surface area (Å²) in [6, 6.07) is 17.9. The molecule has 1 heterocycles. The van der Waals surface area contributed by atoms with Crippen molar-refractivity contribution in [2.24, 2.45) is 0 Å². The van der Waals surface area contributed by atoms with Gasteiger partial charge in [-0.05, 0) is 73.6 Å². The van der Waals surface area contributed by atoms with Crippen LogP contribution in [0.5, 0.6) is 11.5 Å². The van der Waals surface area contributed by atoms with Crippen LogP contribution in [0.15, 0.2) is 65.6 Å². The van der Waals surface area contributed by atoms with Crippen LogP contribution >= 0.6 is 0 Å². The Bertz CT molecular complexity index is 1410. The first-order chi connectivity index (χ1) is 18.4. The SMILES string of the molecule is COc1cccc(OC)c1C(=O)Nc1ccc(N2CCCC2)c(S(=O)(=O)N[C@@H]2CCCc3ccccc32)c1. The second-order valence-corrected chi connectivity index (χ2v) is 11.3. The fourth-order valence-electron chi connectivity index (χ4n) is 5.42. The normalized spacial score (nSPS) is 17.1. The Morgan fingerprint density at radius 3 is 2.34 bits per heavy atom. The summed E-state index contributed by atoms with van der Waals surface area (Å²) in [5, 5.41) is 2.85. The Hall–Kier alpha value is -3.56. The minimum Gasteiger partial charge on any atom is -0.496 e. The standard InChI is InChI=1S/C29H33N3O5S/c1-36-25-13-8-14-26(37-2)28(25)29(33)30-21-15-16-24(32-17-5-6-18-32)27(19-21)38(34,35)31-23-12-7-10-20-9-3-4-11-22(20)23/h3-4,8-9,11,13-16,19,23,31H,5-7,10,12,17-18H2,1-2H3,(H,30,33)/t23-/m1/s1. The number of benzene rings is 3. The molecule has 0 unspecified atom stereocenters. The summed E-state index contributed by atoms with van der Waals surface area (Å²) in [6.45, 7) is 1.58. The molecule has 9 heteroatoms. The van der Waals surface area contributed by atoms with E-state index >= 15 is 0 Å². The van der Waals surface area contributed by atoms with Gasteiger partial charge in [0.15, 0.2) is 0 Å². The Labute approximate surface area is 224 Å². The highest BCUT2D eigenvalue weighted by Gasteiger charge is 2.30. The predicted octanol–water partition coefficient (Wildman–Crippen LogP) is 4.91. The Morgan fingerprint density at radius 2 is 1.63 bits per heavy atom. The maximum Gasteiger partial charge on any atom is 0.263 e. The molecule has 3 aromatic rings. The number of aryl methyl sites for hydroxylation is 1. The van der Waals surface area contributed by atoms with Crippen LogP contribution in [0.25, 0.3) is 0 Å². The van der Waals surface area contributed by atoms with Crippen molar-refractivity contribution in [2.75, 3.05) is 37.5 Å². The van der Waals surface area contributed by atoms with Gasteiger partial charge >= 0.3 is 0 Å². The van der Waals surface area contributed by atoms with Crippen molar-refractivity contribution in [1.82, 2.24) is 4.72 Å². The highest BCUT2D eigenvalue weighted by molar-refractivity contribution is 7.89. The zero-order valence-electron chi connectivity index (χ0n) is 21.7. The summed E-state index contributed by atoms with van der Waals surface area (Å²) >= 11 is 0. The lowest BCUT2D eigenvalue weighted by atomic mass is 9.88. The number of carbonyl (C=O) groups excluding carboxylic acids is 1. The van der Waals surface area contributed by atoms with Crippen LogP contribution in [0.3, 0.4) is 0 Å². The van der Waals surface area contributed by atoms with Gasteiger partial charge in [0.1, 0.15) is 22.0 Å². The third kappa shape index (κ3) is 5.21. The van der Waals surface area contributed by atoms with Gasteiger partial charge in [0, 0.05) is 24.8 Å². The van der Waals surface area contributed by atoms with Crippen molar-refractivity contribution < 1.29 is 22.7 Å². The van der Waals surface area contributed by atoms with E-state index in [2.05, 4.69) is 21.0 Å². The van der Waals surface area contributed by atoms with Gasteiger partial charge in [-0.15, -0.1) is 0 Å². The number of hydrogen-bond donors (Lipinski definition) is 2. The summed E-state index contributed by atoms with van der Waals surface area (Å²) in [5.74, 6) is 0.271. The third-order valence-corrected chi connectivity index (χ3v) is 8.78. The van der Waals surface area contributed by atoms with Gasteiger partial charge in [-0.25, -0.2) is 13.1 Å². The molecular formula is C29H33N3O5S. The number of ether oxygens (including phenoxy) is 2. The Balaban J connectivity index is 1.49. The first-order valence-corrected chi connectivity index (χ1v) is 14.4. The van der Waals surface area contributed by atoms with Gasteiger partial charge in [0.25, 0.3) is 5.91 Å². The molecule has 0 bridgehead atoms. The predicted molar refractivity (Wildman–Crippen MR) is 148 cm³/mol. The van der Waals surface area contributed by atoms with E-state index in [4.69, 9.17) is 9.47 Å². The summed E-state index contributed by atoms with van der Waals surface area (Å²) in [5.41, 5.74) is 3.46. The average molecular weight is 536 g/mol. The van der Waals surface area contributed by atoms with Crippen LogP contribution in [0.1, 0.15) is 53.2 Å². The second kappa shape index (κ2) is 11.0. The molecule has 2 aliphatic rings. The summed E-state index contributed by atoms with van der Waals surface area (Å²) in [6.07, 6.45) is 4.62. The molecule has 200 valence electrons. The number of fused-ring (bicyclic) bond motifs is 1. The number of amides is 1. The number of nitrogens with zero attached hydrogens (tertiary/aromatic N) is 1. The fourth-order valence-corrected chi connectivity index (χ4v) is 6.92. The van der Waals surface area contributed by atoms with Gasteiger partial charge in [0.05, 0.1) is 19.9 Å². The van der Waals surface area contributed by atoms with Crippen molar-refractivity contribution in [2.45, 2.75) is 43.0 Å². The van der Waals surface area contributed by atoms with Crippen molar-refractivity contribution in [3.05, 3.63) is 77.4 Å². The number of nitrogens with one attached hydrogen (secondary N) is 2. The van der Waals surface area contributed by atoms with Crippen LogP contribution in [-0.4, -0.2) is 41.6 Å². The number of carbonyl (C=O) groups is 1. The monoisotopic (exact) mass is 535 g/mol. The molecule has 8 nitrogen and oxygen atoms in total. The van der Waals surface area contributed by atoms with Gasteiger partial charge in [-0.2, -0.15) is 0 Å². The number of methoxy groups -OCH3 is 2. The topological polar surface area (TPSA) is 97.0 Å². The van der Waals surface area contributed by atoms with E-state index in [1.54, 1.807) is 36.4 Å². The largest absolute Gasteiger partial charge is 0.496 e. The van der Waals surface area contributed by atoms with Gasteiger partial charge < -0.3 is 19.7 Å². The van der Waals surface area contributed by atoms with E-state index < -0.39 is 15.9 Å². The smallest absolute Gasteiger partial charge is 0.263 e. The van der Waals surface area contributed by atoms with E-state index in [0.717, 1.165) is 50.8 Å². The Kier molecular flexibility index (Phi) is 7.58. The van der Waals surface area contributed by atoms with Crippen LogP contribution in [0, 0.1) is 0 Å². The van der Waals surface area contributed by atoms with Crippen LogP contribution in [0.4, 0.5) is 11.4 Å². The number of anilines is 2. The highest BCUT2D eigenvalue weighted by Crippen LogP contribution is 2.36. The molecule has 0 radical (unpaired) electrons. The molecule has 0 aromatic heterocycles. The lowest BCUT2D eigenvalue weighted by Gasteiger charge is -2.28. The van der Waals surface area contributed by atoms with Crippen LogP contribution in [0.2, 0.25) is 0 Å². The molecule has 1 aliphatic heterocycles. The summed E-state index contributed by atoms with van der Waals surface area (Å²) < 4.78 is 41.5. The zero-order valence-corrected chi connectivity index (χ0v) is 22.5. The molecule has 2 N–H and O–H groups in total. The van der Waals surface area contributed by atoms with Gasteiger partial charge in [-0.3, -0.25) is 4.79 Å². The highest BCUT2D eigenvalue weighted by atomic mass is 32.2. The van der Waals surface area contributed by atoms with Crippen LogP contribution in [-0.2, 0) is 16.4 Å². The van der Waals surface area contributed by atoms with E-state index in [1.165, 1.54) is 19.8 Å². The first kappa shape index (κ1) is 26.1. The molecule has 1 amide bonds. The van der Waals surface area contributed by atoms with Crippen molar-refractivity contribution >= 4 is 27.3 Å². The van der Waals surface area contributed by atoms with Crippen molar-refractivity contribution in [1.29, 1.82) is 0 Å². The van der Waals surface area contributed by atoms with Crippen LogP contribution < -0.4 is 24.4 Å². The molecule has 5 rings (SSSR count). The van der Waals surface area contributed by atoms with Crippen molar-refractivity contribution in [3.8, 4) is 11.5 Å². The molecule has 3 aromatic carbocycles. The molecule has 1 atom stereocenters. The molecule has 1 saturated heterocycles. The minimum atomic E-state index is -3.91. The lowest BCUT2D eigenvalue weighted by molar-refractivity contribution is 0.102. The van der Waals surface area contributed by atoms with Gasteiger partial charge in [-0.1, -0.05) is 30.3 Å². The number of rotatable bonds is 8. The summed E-state index contributed by atoms with van der Waals surface area (Å²) in [4.78, 5) is 15.5. The quantitative estimate of drug-likeness (QED) is 0.425. The number of hydrogen-bond acceptors (Lipinski definition) is 6. The molecular weight excluding hydrogens is 502 g/mol. The lowest BCUT2D eigenvalue weighted by Crippen LogP contribution is -2.32. The van der Waals surface area contributed by atoms with E-state index in [0.29, 0.717) is 22.9 Å². The van der Waals surface area contributed by atoms with Crippen molar-refractivity contribution in [3.63, 3.8) is 0 Å². The van der Waals surface area contributed by atoms with E-state index in [-0.39, 0.29) is 16.5 Å². The molecule has 1 aliphatic carbocycles. The fraction of sp³-hybridized carbons (Fsp3) is 0.345. The molecule has 38 heavy (non-hydrogen) atoms. The molecule has 0 saturated carbocycles. The zero-order chi connectivity index (χ0) is 26.7. The Morgan fingerprint density at radius 1 is 0.921 bits per heavy atom. The van der Waals surface area contributed by atoms with Gasteiger partial charge in [0.2, 0.25) is 10.0 Å². The molecule has 0 spiro atoms. The average Bonchev–Trinajstić information content (AvgIpc) is 3.47. The molecule has 1 fully saturated rings. The van der Waals surface area contributed by atoms with E-state index in [1.807, 2.05) is 18.2 Å². The summed E-state index contributed by atoms with van der Waals surface area (Å²) in [7, 11) is -0.947. The third-order valence-electron chi connectivity index (χ3n) is 7.28. The maximum absolute atomic E-state index is 13.9. The maximum atomic E-state index is 13.9. The first-order valence-electron chi connectivity index (χ1n) is 12.9. The number of sulfonamides is 1. The second-order valence-electron chi connectivity index (χ2n) is 9.63. The van der Waals surface area contributed by atoms with E-state index in [9.17, 15) is 13.2 Å².